The van der Waals surface area contributed by atoms with Gasteiger partial charge in [-0.3, -0.25) is 10.1 Å². The molecule has 13 heteroatoms. The van der Waals surface area contributed by atoms with Crippen molar-refractivity contribution in [3.8, 4) is 11.8 Å². The molecular weight excluding hydrogens is 454 g/mol. The van der Waals surface area contributed by atoms with E-state index in [0.717, 1.165) is 0 Å². The normalized spacial score (nSPS) is 12.8. The lowest BCUT2D eigenvalue weighted by Gasteiger charge is -2.15. The Bertz CT molecular complexity index is 1260. The number of nitro groups is 1. The number of non-ortho nitro benzene ring substituents is 1. The van der Waals surface area contributed by atoms with E-state index in [1.807, 2.05) is 6.07 Å². The maximum absolute atomic E-state index is 10.9. The van der Waals surface area contributed by atoms with Crippen LogP contribution in [0.1, 0.15) is 25.0 Å². The number of nitro benzene ring substituents is 1. The second-order valence-corrected chi connectivity index (χ2v) is 7.86. The van der Waals surface area contributed by atoms with E-state index in [0.29, 0.717) is 35.1 Å². The third-order valence-corrected chi connectivity index (χ3v) is 4.74. The number of benzene rings is 1. The minimum absolute atomic E-state index is 0.0793. The Morgan fingerprint density at radius 3 is 2.43 bits per heavy atom. The molecule has 0 saturated carbocycles. The molecule has 0 aliphatic heterocycles. The van der Waals surface area contributed by atoms with Crippen molar-refractivity contribution in [2.75, 3.05) is 23.7 Å². The number of nitrogens with zero attached hydrogens (tertiary/aromatic N) is 7. The van der Waals surface area contributed by atoms with Crippen LogP contribution in [0.25, 0.3) is 5.69 Å². The number of aryl methyl sites for hydroxylation is 1. The topological polar surface area (TPSA) is 187 Å². The zero-order chi connectivity index (χ0) is 25.5. The van der Waals surface area contributed by atoms with Crippen LogP contribution in [0.3, 0.4) is 0 Å². The number of aliphatic hydroxyl groups is 2. The van der Waals surface area contributed by atoms with E-state index in [4.69, 9.17) is 0 Å². The highest BCUT2D eigenvalue weighted by Gasteiger charge is 2.16. The Morgan fingerprint density at radius 1 is 1.17 bits per heavy atom. The molecule has 182 valence electrons. The predicted octanol–water partition coefficient (Wildman–Crippen LogP) is 3.36. The van der Waals surface area contributed by atoms with Crippen molar-refractivity contribution in [3.63, 3.8) is 0 Å². The number of hydrogen-bond acceptors (Lipinski definition) is 11. The van der Waals surface area contributed by atoms with Gasteiger partial charge in [0, 0.05) is 25.2 Å². The molecule has 3 aromatic rings. The standard InChI is InChI=1S/C22H25N9O4/c1-13-8-19(24-10-14(2)32)27-21(25-11-15(3)33)20(13)28-29-22-16(9-23)12-26-30(22)17-4-6-18(7-5-17)31(34)35/h4-8,12,14-15,32-33H,10-11H2,1-3H3,(H2,24,25,27). The molecule has 4 N–H and O–H groups in total. The average Bonchev–Trinajstić information content (AvgIpc) is 3.23. The first-order valence-electron chi connectivity index (χ1n) is 10.7. The molecule has 1 aromatic carbocycles. The lowest BCUT2D eigenvalue weighted by atomic mass is 10.2. The van der Waals surface area contributed by atoms with Crippen LogP contribution in [-0.4, -0.2) is 55.2 Å². The number of azo groups is 1. The maximum atomic E-state index is 10.9. The smallest absolute Gasteiger partial charge is 0.269 e. The first-order chi connectivity index (χ1) is 16.7. The van der Waals surface area contributed by atoms with Crippen molar-refractivity contribution in [1.29, 1.82) is 5.26 Å². The van der Waals surface area contributed by atoms with Crippen LogP contribution >= 0.6 is 0 Å². The molecule has 3 rings (SSSR count). The van der Waals surface area contributed by atoms with Gasteiger partial charge in [0.25, 0.3) is 5.69 Å². The van der Waals surface area contributed by atoms with Crippen molar-refractivity contribution >= 4 is 28.8 Å². The molecule has 2 heterocycles. The van der Waals surface area contributed by atoms with E-state index in [1.54, 1.807) is 26.8 Å². The molecule has 2 atom stereocenters. The van der Waals surface area contributed by atoms with Gasteiger partial charge in [-0.1, -0.05) is 0 Å². The Hall–Kier alpha value is -4.41. The number of pyridine rings is 1. The largest absolute Gasteiger partial charge is 0.392 e. The van der Waals surface area contributed by atoms with E-state index < -0.39 is 17.1 Å². The fourth-order valence-electron chi connectivity index (χ4n) is 3.02. The summed E-state index contributed by atoms with van der Waals surface area (Å²) in [5.74, 6) is 0.991. The molecule has 35 heavy (non-hydrogen) atoms. The zero-order valence-corrected chi connectivity index (χ0v) is 19.4. The van der Waals surface area contributed by atoms with Gasteiger partial charge in [-0.25, -0.2) is 9.67 Å². The molecular formula is C22H25N9O4. The number of aromatic nitrogens is 3. The molecule has 0 bridgehead atoms. The highest BCUT2D eigenvalue weighted by atomic mass is 16.6. The summed E-state index contributed by atoms with van der Waals surface area (Å²) in [6.07, 6.45) is 0.107. The van der Waals surface area contributed by atoms with Crippen LogP contribution in [0, 0.1) is 28.4 Å². The molecule has 0 spiro atoms. The molecule has 0 saturated heterocycles. The van der Waals surface area contributed by atoms with Crippen molar-refractivity contribution < 1.29 is 15.1 Å². The lowest BCUT2D eigenvalue weighted by Crippen LogP contribution is -2.18. The van der Waals surface area contributed by atoms with Gasteiger partial charge >= 0.3 is 0 Å². The van der Waals surface area contributed by atoms with Gasteiger partial charge in [-0.15, -0.1) is 10.2 Å². The van der Waals surface area contributed by atoms with E-state index >= 15 is 0 Å². The minimum atomic E-state index is -0.648. The first kappa shape index (κ1) is 25.2. The minimum Gasteiger partial charge on any atom is -0.392 e. The second kappa shape index (κ2) is 11.1. The number of nitrogens with one attached hydrogen (secondary N) is 2. The SMILES string of the molecule is Cc1cc(NCC(C)O)nc(NCC(C)O)c1N=Nc1c(C#N)cnn1-c1ccc([N+](=O)[O-])cc1. The number of anilines is 2. The van der Waals surface area contributed by atoms with Crippen molar-refractivity contribution in [2.45, 2.75) is 33.0 Å². The quantitative estimate of drug-likeness (QED) is 0.192. The van der Waals surface area contributed by atoms with Crippen LogP contribution < -0.4 is 10.6 Å². The summed E-state index contributed by atoms with van der Waals surface area (Å²) in [7, 11) is 0. The Kier molecular flexibility index (Phi) is 8.03. The highest BCUT2D eigenvalue weighted by molar-refractivity contribution is 5.68. The fraction of sp³-hybridized carbons (Fsp3) is 0.318. The summed E-state index contributed by atoms with van der Waals surface area (Å²) in [6.45, 7) is 5.58. The van der Waals surface area contributed by atoms with Gasteiger partial charge in [0.2, 0.25) is 0 Å². The summed E-state index contributed by atoms with van der Waals surface area (Å²) < 4.78 is 1.36. The fourth-order valence-corrected chi connectivity index (χ4v) is 3.02. The van der Waals surface area contributed by atoms with Gasteiger partial charge in [0.05, 0.1) is 29.0 Å². The average molecular weight is 480 g/mol. The summed E-state index contributed by atoms with van der Waals surface area (Å²) in [4.78, 5) is 14.9. The summed E-state index contributed by atoms with van der Waals surface area (Å²) in [5, 5.41) is 58.5. The summed E-state index contributed by atoms with van der Waals surface area (Å²) >= 11 is 0. The van der Waals surface area contributed by atoms with Gasteiger partial charge in [-0.2, -0.15) is 10.4 Å². The molecule has 2 unspecified atom stereocenters. The number of rotatable bonds is 10. The van der Waals surface area contributed by atoms with Crippen LogP contribution in [0.15, 0.2) is 46.8 Å². The summed E-state index contributed by atoms with van der Waals surface area (Å²) in [6, 6.07) is 9.40. The molecule has 13 nitrogen and oxygen atoms in total. The third kappa shape index (κ3) is 6.34. The van der Waals surface area contributed by atoms with Gasteiger partial charge in [-0.05, 0) is 44.5 Å². The Morgan fingerprint density at radius 2 is 1.83 bits per heavy atom. The Balaban J connectivity index is 2.01. The van der Waals surface area contributed by atoms with Crippen LogP contribution in [-0.2, 0) is 0 Å². The first-order valence-corrected chi connectivity index (χ1v) is 10.7. The van der Waals surface area contributed by atoms with Gasteiger partial charge in [0.15, 0.2) is 11.6 Å². The van der Waals surface area contributed by atoms with Gasteiger partial charge in [0.1, 0.15) is 23.1 Å². The third-order valence-electron chi connectivity index (χ3n) is 4.74. The molecule has 0 radical (unpaired) electrons. The van der Waals surface area contributed by atoms with Gasteiger partial charge < -0.3 is 20.8 Å². The van der Waals surface area contributed by atoms with Crippen LogP contribution in [0.5, 0.6) is 0 Å². The zero-order valence-electron chi connectivity index (χ0n) is 19.4. The summed E-state index contributed by atoms with van der Waals surface area (Å²) in [5.41, 5.74) is 1.63. The van der Waals surface area contributed by atoms with E-state index in [9.17, 15) is 25.6 Å². The second-order valence-electron chi connectivity index (χ2n) is 7.86. The Labute approximate surface area is 200 Å². The molecule has 0 fully saturated rings. The monoisotopic (exact) mass is 479 g/mol. The maximum Gasteiger partial charge on any atom is 0.269 e. The number of hydrogen-bond donors (Lipinski definition) is 4. The molecule has 0 aliphatic carbocycles. The predicted molar refractivity (Wildman–Crippen MR) is 128 cm³/mol. The van der Waals surface area contributed by atoms with E-state index in [1.165, 1.54) is 35.1 Å². The van der Waals surface area contributed by atoms with Crippen LogP contribution in [0.4, 0.5) is 28.8 Å². The van der Waals surface area contributed by atoms with E-state index in [2.05, 4.69) is 30.9 Å². The lowest BCUT2D eigenvalue weighted by molar-refractivity contribution is -0.384. The van der Waals surface area contributed by atoms with Crippen LogP contribution in [0.2, 0.25) is 0 Å². The van der Waals surface area contributed by atoms with Crippen molar-refractivity contribution in [2.24, 2.45) is 10.2 Å². The molecule has 2 aromatic heterocycles. The number of nitriles is 1. The van der Waals surface area contributed by atoms with Crippen molar-refractivity contribution in [1.82, 2.24) is 14.8 Å². The molecule has 0 amide bonds. The number of aliphatic hydroxyl groups excluding tert-OH is 2. The van der Waals surface area contributed by atoms with Crippen molar-refractivity contribution in [3.05, 3.63) is 57.8 Å². The van der Waals surface area contributed by atoms with E-state index in [-0.39, 0.29) is 23.6 Å². The highest BCUT2D eigenvalue weighted by Crippen LogP contribution is 2.33. The molecule has 0 aliphatic rings.